The number of piperidine rings is 1. The normalized spacial score (nSPS) is 21.1. The molecule has 5 heterocycles. The molecule has 212 valence electrons. The van der Waals surface area contributed by atoms with Gasteiger partial charge in [-0.3, -0.25) is 14.0 Å². The standard InChI is InChI=1S/C28H26F3N7O3/c1-15-27(40)38-13-18(6-7-20(38)14-41-15)25-36-22(23-24(32)34-10-11-37(23)25)16-2-4-17(5-3-16)26(39)35-21-12-19(8-9-33-21)28(29,30)31/h2-5,8-12,15,18,20H,6-7,13-14H2,1H3,(H2,32,34)(H,33,35,39)/t15?,18?,20-/m0/s1. The summed E-state index contributed by atoms with van der Waals surface area (Å²) in [6, 6.07) is 8.15. The molecule has 6 rings (SSSR count). The molecule has 0 aliphatic carbocycles. The molecule has 0 radical (unpaired) electrons. The van der Waals surface area contributed by atoms with Crippen LogP contribution >= 0.6 is 0 Å². The van der Waals surface area contributed by atoms with Gasteiger partial charge in [-0.15, -0.1) is 0 Å². The minimum atomic E-state index is -4.55. The van der Waals surface area contributed by atoms with E-state index in [0.717, 1.165) is 37.0 Å². The van der Waals surface area contributed by atoms with Gasteiger partial charge < -0.3 is 20.7 Å². The van der Waals surface area contributed by atoms with E-state index in [2.05, 4.69) is 15.3 Å². The molecule has 0 spiro atoms. The van der Waals surface area contributed by atoms with Gasteiger partial charge in [-0.2, -0.15) is 13.2 Å². The first kappa shape index (κ1) is 26.7. The van der Waals surface area contributed by atoms with Gasteiger partial charge in [-0.05, 0) is 44.0 Å². The molecule has 2 fully saturated rings. The summed E-state index contributed by atoms with van der Waals surface area (Å²) in [4.78, 5) is 40.4. The zero-order valence-corrected chi connectivity index (χ0v) is 21.9. The monoisotopic (exact) mass is 565 g/mol. The van der Waals surface area contributed by atoms with Crippen molar-refractivity contribution in [1.82, 2.24) is 24.3 Å². The summed E-state index contributed by atoms with van der Waals surface area (Å²) in [6.07, 6.45) is 0.953. The van der Waals surface area contributed by atoms with Gasteiger partial charge in [0, 0.05) is 42.2 Å². The molecule has 3 aromatic heterocycles. The van der Waals surface area contributed by atoms with E-state index < -0.39 is 23.8 Å². The molecule has 2 aliphatic rings. The van der Waals surface area contributed by atoms with E-state index in [1.54, 1.807) is 43.6 Å². The smallest absolute Gasteiger partial charge is 0.382 e. The van der Waals surface area contributed by atoms with Gasteiger partial charge >= 0.3 is 6.18 Å². The number of benzene rings is 1. The van der Waals surface area contributed by atoms with Gasteiger partial charge in [0.2, 0.25) is 0 Å². The largest absolute Gasteiger partial charge is 0.416 e. The zero-order valence-electron chi connectivity index (χ0n) is 21.9. The molecule has 4 aromatic rings. The number of nitrogens with zero attached hydrogens (tertiary/aromatic N) is 5. The summed E-state index contributed by atoms with van der Waals surface area (Å²) in [5, 5.41) is 2.40. The lowest BCUT2D eigenvalue weighted by Crippen LogP contribution is -2.56. The number of hydrogen-bond acceptors (Lipinski definition) is 7. The van der Waals surface area contributed by atoms with Gasteiger partial charge in [-0.1, -0.05) is 12.1 Å². The fraction of sp³-hybridized carbons (Fsp3) is 0.321. The number of nitrogens with two attached hydrogens (primary N) is 1. The highest BCUT2D eigenvalue weighted by molar-refractivity contribution is 6.04. The fourth-order valence-corrected chi connectivity index (χ4v) is 5.46. The van der Waals surface area contributed by atoms with Crippen LogP contribution in [0.15, 0.2) is 55.0 Å². The quantitative estimate of drug-likeness (QED) is 0.381. The number of hydrogen-bond donors (Lipinski definition) is 2. The van der Waals surface area contributed by atoms with E-state index >= 15 is 0 Å². The lowest BCUT2D eigenvalue weighted by Gasteiger charge is -2.43. The Labute approximate surface area is 232 Å². The highest BCUT2D eigenvalue weighted by Crippen LogP contribution is 2.36. The van der Waals surface area contributed by atoms with Crippen molar-refractivity contribution >= 4 is 29.0 Å². The van der Waals surface area contributed by atoms with E-state index in [4.69, 9.17) is 15.5 Å². The van der Waals surface area contributed by atoms with Crippen LogP contribution in [-0.2, 0) is 15.7 Å². The molecule has 2 aliphatic heterocycles. The van der Waals surface area contributed by atoms with Gasteiger partial charge in [0.05, 0.1) is 18.2 Å². The van der Waals surface area contributed by atoms with Crippen molar-refractivity contribution in [3.8, 4) is 11.3 Å². The van der Waals surface area contributed by atoms with Gasteiger partial charge in [0.1, 0.15) is 34.8 Å². The van der Waals surface area contributed by atoms with Crippen LogP contribution in [0.1, 0.15) is 47.4 Å². The summed E-state index contributed by atoms with van der Waals surface area (Å²) < 4.78 is 46.6. The molecule has 0 saturated carbocycles. The van der Waals surface area contributed by atoms with Crippen molar-refractivity contribution in [3.05, 3.63) is 71.9 Å². The van der Waals surface area contributed by atoms with Crippen molar-refractivity contribution in [1.29, 1.82) is 0 Å². The number of nitrogens with one attached hydrogen (secondary N) is 1. The van der Waals surface area contributed by atoms with Crippen molar-refractivity contribution in [2.45, 2.75) is 44.0 Å². The predicted octanol–water partition coefficient (Wildman–Crippen LogP) is 4.14. The Morgan fingerprint density at radius 2 is 1.90 bits per heavy atom. The fourth-order valence-electron chi connectivity index (χ4n) is 5.46. The third-order valence-corrected chi connectivity index (χ3v) is 7.60. The number of rotatable bonds is 4. The number of morpholine rings is 1. The molecule has 41 heavy (non-hydrogen) atoms. The summed E-state index contributed by atoms with van der Waals surface area (Å²) in [5.41, 5.74) is 7.45. The second-order valence-electron chi connectivity index (χ2n) is 10.2. The number of nitrogen functional groups attached to an aromatic ring is 1. The van der Waals surface area contributed by atoms with Crippen LogP contribution in [0.5, 0.6) is 0 Å². The molecule has 3 atom stereocenters. The molecule has 1 aromatic carbocycles. The Morgan fingerprint density at radius 3 is 2.66 bits per heavy atom. The summed E-state index contributed by atoms with van der Waals surface area (Å²) in [6.45, 7) is 2.80. The van der Waals surface area contributed by atoms with Crippen LogP contribution < -0.4 is 11.1 Å². The van der Waals surface area contributed by atoms with Crippen LogP contribution in [0.25, 0.3) is 16.8 Å². The number of amides is 2. The van der Waals surface area contributed by atoms with E-state index in [1.165, 1.54) is 0 Å². The second-order valence-corrected chi connectivity index (χ2v) is 10.2. The van der Waals surface area contributed by atoms with Crippen molar-refractivity contribution < 1.29 is 27.5 Å². The zero-order chi connectivity index (χ0) is 28.9. The number of imidazole rings is 1. The first-order valence-electron chi connectivity index (χ1n) is 13.1. The number of fused-ring (bicyclic) bond motifs is 2. The summed E-state index contributed by atoms with van der Waals surface area (Å²) in [7, 11) is 0. The van der Waals surface area contributed by atoms with E-state index in [-0.39, 0.29) is 35.1 Å². The third kappa shape index (κ3) is 4.97. The number of pyridine rings is 1. The minimum absolute atomic E-state index is 0.0255. The third-order valence-electron chi connectivity index (χ3n) is 7.60. The van der Waals surface area contributed by atoms with Crippen molar-refractivity contribution in [2.75, 3.05) is 24.2 Å². The average molecular weight is 566 g/mol. The summed E-state index contributed by atoms with van der Waals surface area (Å²) >= 11 is 0. The van der Waals surface area contributed by atoms with Crippen LogP contribution in [0.2, 0.25) is 0 Å². The number of carbonyl (C=O) groups is 2. The Morgan fingerprint density at radius 1 is 1.12 bits per heavy atom. The van der Waals surface area contributed by atoms with Crippen molar-refractivity contribution in [2.24, 2.45) is 0 Å². The first-order valence-corrected chi connectivity index (χ1v) is 13.1. The topological polar surface area (TPSA) is 128 Å². The molecule has 0 bridgehead atoms. The molecular formula is C28H26F3N7O3. The number of ether oxygens (including phenoxy) is 1. The molecule has 2 unspecified atom stereocenters. The average Bonchev–Trinajstić information content (AvgIpc) is 3.36. The summed E-state index contributed by atoms with van der Waals surface area (Å²) in [5.74, 6) is 0.160. The van der Waals surface area contributed by atoms with Crippen LogP contribution in [0.3, 0.4) is 0 Å². The number of halogens is 3. The van der Waals surface area contributed by atoms with Gasteiger partial charge in [0.15, 0.2) is 0 Å². The Bertz CT molecular complexity index is 1640. The van der Waals surface area contributed by atoms with E-state index in [0.29, 0.717) is 29.9 Å². The molecule has 10 nitrogen and oxygen atoms in total. The molecule has 2 amide bonds. The highest BCUT2D eigenvalue weighted by atomic mass is 19.4. The highest BCUT2D eigenvalue weighted by Gasteiger charge is 2.40. The van der Waals surface area contributed by atoms with E-state index in [9.17, 15) is 22.8 Å². The predicted molar refractivity (Wildman–Crippen MR) is 143 cm³/mol. The molecular weight excluding hydrogens is 539 g/mol. The number of aromatic nitrogens is 4. The second kappa shape index (κ2) is 10.1. The lowest BCUT2D eigenvalue weighted by molar-refractivity contribution is -0.160. The maximum atomic E-state index is 13.0. The Balaban J connectivity index is 1.28. The molecule has 13 heteroatoms. The van der Waals surface area contributed by atoms with Gasteiger partial charge in [-0.25, -0.2) is 15.0 Å². The maximum absolute atomic E-state index is 13.0. The lowest BCUT2D eigenvalue weighted by atomic mass is 9.91. The number of anilines is 2. The minimum Gasteiger partial charge on any atom is -0.382 e. The SMILES string of the molecule is CC1OC[C@@H]2CCC(c3nc(-c4ccc(C(=O)Nc5cc(C(F)(F)F)ccn5)cc4)c4c(N)nccn34)CN2C1=O. The maximum Gasteiger partial charge on any atom is 0.416 e. The van der Waals surface area contributed by atoms with Gasteiger partial charge in [0.25, 0.3) is 11.8 Å². The van der Waals surface area contributed by atoms with Crippen molar-refractivity contribution in [3.63, 3.8) is 0 Å². The number of carbonyl (C=O) groups excluding carboxylic acids is 2. The van der Waals surface area contributed by atoms with Crippen LogP contribution in [0.4, 0.5) is 24.8 Å². The van der Waals surface area contributed by atoms with E-state index in [1.807, 2.05) is 9.30 Å². The number of alkyl halides is 3. The van der Waals surface area contributed by atoms with Crippen LogP contribution in [0, 0.1) is 0 Å². The van der Waals surface area contributed by atoms with Crippen LogP contribution in [-0.4, -0.2) is 61.4 Å². The molecule has 2 saturated heterocycles. The first-order chi connectivity index (χ1) is 19.6. The Hall–Kier alpha value is -4.52. The Kier molecular flexibility index (Phi) is 6.60. The molecule has 3 N–H and O–H groups in total.